The first-order valence-electron chi connectivity index (χ1n) is 6.29. The topological polar surface area (TPSA) is 37.6 Å². The Hall–Kier alpha value is -0.840. The van der Waals surface area contributed by atoms with Gasteiger partial charge in [0.25, 0.3) is 0 Å². The van der Waals surface area contributed by atoms with Crippen LogP contribution >= 0.6 is 0 Å². The van der Waals surface area contributed by atoms with E-state index in [1.54, 1.807) is 6.26 Å². The molecule has 1 aliphatic heterocycles. The zero-order valence-corrected chi connectivity index (χ0v) is 10.8. The van der Waals surface area contributed by atoms with Crippen LogP contribution in [0.25, 0.3) is 0 Å². The van der Waals surface area contributed by atoms with Gasteiger partial charge in [-0.1, -0.05) is 0 Å². The third-order valence-electron chi connectivity index (χ3n) is 3.29. The molecule has 1 aromatic heterocycles. The largest absolute Gasteiger partial charge is 0.468 e. The number of likely N-dealkylation sites (N-methyl/N-ethyl adjacent to an activating group) is 1. The van der Waals surface area contributed by atoms with Gasteiger partial charge >= 0.3 is 0 Å². The molecule has 2 heterocycles. The van der Waals surface area contributed by atoms with Gasteiger partial charge in [-0.2, -0.15) is 0 Å². The molecule has 0 bridgehead atoms. The second kappa shape index (κ2) is 5.67. The monoisotopic (exact) mass is 238 g/mol. The van der Waals surface area contributed by atoms with Crippen LogP contribution in [0.5, 0.6) is 0 Å². The number of hydrogen-bond acceptors (Lipinski definition) is 4. The molecule has 2 unspecified atom stereocenters. The van der Waals surface area contributed by atoms with Crippen LogP contribution in [-0.4, -0.2) is 43.8 Å². The van der Waals surface area contributed by atoms with Crippen molar-refractivity contribution in [2.45, 2.75) is 32.0 Å². The Kier molecular flexibility index (Phi) is 4.20. The maximum absolute atomic E-state index is 5.87. The summed E-state index contributed by atoms with van der Waals surface area (Å²) in [7, 11) is 1.96. The number of hydrogen-bond donors (Lipinski definition) is 1. The van der Waals surface area contributed by atoms with E-state index in [0.29, 0.717) is 6.04 Å². The number of furan rings is 1. The van der Waals surface area contributed by atoms with E-state index in [1.807, 2.05) is 19.2 Å². The van der Waals surface area contributed by atoms with Crippen LogP contribution in [0.3, 0.4) is 0 Å². The summed E-state index contributed by atoms with van der Waals surface area (Å²) in [5, 5.41) is 3.20. The zero-order chi connectivity index (χ0) is 12.3. The minimum Gasteiger partial charge on any atom is -0.468 e. The lowest BCUT2D eigenvalue weighted by Crippen LogP contribution is -2.50. The van der Waals surface area contributed by atoms with Gasteiger partial charge < -0.3 is 14.5 Å². The molecular formula is C13H22N2O2. The highest BCUT2D eigenvalue weighted by atomic mass is 16.5. The van der Waals surface area contributed by atoms with Crippen molar-refractivity contribution in [3.05, 3.63) is 24.2 Å². The Bertz CT molecular complexity index is 322. The van der Waals surface area contributed by atoms with Crippen molar-refractivity contribution in [2.24, 2.45) is 0 Å². The predicted molar refractivity (Wildman–Crippen MR) is 67.0 cm³/mol. The summed E-state index contributed by atoms with van der Waals surface area (Å²) in [5.74, 6) is 0.999. The van der Waals surface area contributed by atoms with Crippen LogP contribution < -0.4 is 5.32 Å². The van der Waals surface area contributed by atoms with Crippen molar-refractivity contribution in [2.75, 3.05) is 26.7 Å². The fourth-order valence-corrected chi connectivity index (χ4v) is 2.51. The molecule has 1 saturated heterocycles. The molecule has 2 atom stereocenters. The molecular weight excluding hydrogens is 216 g/mol. The van der Waals surface area contributed by atoms with Gasteiger partial charge in [-0.25, -0.2) is 0 Å². The standard InChI is InChI=1S/C13H22N2O2/c1-10(2)15-6-8-17-12(9-14-3)13(15)11-5-4-7-16-11/h4-5,7,10,12-14H,6,8-9H2,1-3H3. The van der Waals surface area contributed by atoms with Crippen molar-refractivity contribution in [3.8, 4) is 0 Å². The van der Waals surface area contributed by atoms with Gasteiger partial charge in [0.15, 0.2) is 0 Å². The molecule has 2 rings (SSSR count). The first-order chi connectivity index (χ1) is 8.24. The van der Waals surface area contributed by atoms with E-state index in [2.05, 4.69) is 24.1 Å². The van der Waals surface area contributed by atoms with E-state index < -0.39 is 0 Å². The second-order valence-electron chi connectivity index (χ2n) is 4.76. The molecule has 4 heteroatoms. The van der Waals surface area contributed by atoms with Crippen LogP contribution in [0.15, 0.2) is 22.8 Å². The highest BCUT2D eigenvalue weighted by molar-refractivity contribution is 5.09. The smallest absolute Gasteiger partial charge is 0.123 e. The Morgan fingerprint density at radius 3 is 2.94 bits per heavy atom. The number of nitrogens with zero attached hydrogens (tertiary/aromatic N) is 1. The molecule has 0 spiro atoms. The molecule has 0 saturated carbocycles. The number of ether oxygens (including phenoxy) is 1. The first kappa shape index (κ1) is 12.6. The van der Waals surface area contributed by atoms with Crippen LogP contribution in [0, 0.1) is 0 Å². The number of nitrogens with one attached hydrogen (secondary N) is 1. The van der Waals surface area contributed by atoms with E-state index in [1.165, 1.54) is 0 Å². The summed E-state index contributed by atoms with van der Waals surface area (Å²) in [6.45, 7) is 7.04. The maximum atomic E-state index is 5.87. The molecule has 96 valence electrons. The normalized spacial score (nSPS) is 26.6. The Balaban J connectivity index is 2.22. The zero-order valence-electron chi connectivity index (χ0n) is 10.8. The summed E-state index contributed by atoms with van der Waals surface area (Å²) in [6, 6.07) is 4.69. The van der Waals surface area contributed by atoms with Gasteiger partial charge in [-0.15, -0.1) is 0 Å². The molecule has 0 aliphatic carbocycles. The molecule has 0 amide bonds. The van der Waals surface area contributed by atoms with E-state index in [0.717, 1.165) is 25.5 Å². The van der Waals surface area contributed by atoms with Gasteiger partial charge in [0.05, 0.1) is 25.0 Å². The minimum atomic E-state index is 0.155. The Morgan fingerprint density at radius 1 is 1.53 bits per heavy atom. The Morgan fingerprint density at radius 2 is 2.35 bits per heavy atom. The summed E-state index contributed by atoms with van der Waals surface area (Å²) >= 11 is 0. The molecule has 1 aliphatic rings. The van der Waals surface area contributed by atoms with Crippen LogP contribution in [0.1, 0.15) is 25.6 Å². The van der Waals surface area contributed by atoms with Crippen molar-refractivity contribution in [1.29, 1.82) is 0 Å². The summed E-state index contributed by atoms with van der Waals surface area (Å²) in [6.07, 6.45) is 1.89. The summed E-state index contributed by atoms with van der Waals surface area (Å²) in [4.78, 5) is 2.45. The van der Waals surface area contributed by atoms with Gasteiger partial charge in [-0.05, 0) is 33.0 Å². The molecule has 0 aromatic carbocycles. The molecule has 17 heavy (non-hydrogen) atoms. The highest BCUT2D eigenvalue weighted by Gasteiger charge is 2.36. The van der Waals surface area contributed by atoms with Gasteiger partial charge in [0, 0.05) is 19.1 Å². The third kappa shape index (κ3) is 2.70. The molecule has 1 N–H and O–H groups in total. The fourth-order valence-electron chi connectivity index (χ4n) is 2.51. The van der Waals surface area contributed by atoms with Crippen molar-refractivity contribution >= 4 is 0 Å². The lowest BCUT2D eigenvalue weighted by molar-refractivity contribution is -0.0876. The molecule has 4 nitrogen and oxygen atoms in total. The SMILES string of the molecule is CNCC1OCCN(C(C)C)C1c1ccco1. The van der Waals surface area contributed by atoms with Gasteiger partial charge in [0.1, 0.15) is 5.76 Å². The quantitative estimate of drug-likeness (QED) is 0.865. The lowest BCUT2D eigenvalue weighted by Gasteiger charge is -2.42. The maximum Gasteiger partial charge on any atom is 0.123 e. The van der Waals surface area contributed by atoms with E-state index in [-0.39, 0.29) is 12.1 Å². The first-order valence-corrected chi connectivity index (χ1v) is 6.29. The summed E-state index contributed by atoms with van der Waals surface area (Å²) in [5.41, 5.74) is 0. The van der Waals surface area contributed by atoms with Crippen molar-refractivity contribution < 1.29 is 9.15 Å². The average Bonchev–Trinajstić information content (AvgIpc) is 2.82. The van der Waals surface area contributed by atoms with E-state index in [4.69, 9.17) is 9.15 Å². The molecule has 1 fully saturated rings. The molecule has 1 aromatic rings. The van der Waals surface area contributed by atoms with E-state index >= 15 is 0 Å². The van der Waals surface area contributed by atoms with Gasteiger partial charge in [0.2, 0.25) is 0 Å². The number of morpholine rings is 1. The number of rotatable bonds is 4. The van der Waals surface area contributed by atoms with E-state index in [9.17, 15) is 0 Å². The second-order valence-corrected chi connectivity index (χ2v) is 4.76. The lowest BCUT2D eigenvalue weighted by atomic mass is 10.0. The minimum absolute atomic E-state index is 0.155. The molecule has 0 radical (unpaired) electrons. The third-order valence-corrected chi connectivity index (χ3v) is 3.29. The van der Waals surface area contributed by atoms with Crippen molar-refractivity contribution in [3.63, 3.8) is 0 Å². The van der Waals surface area contributed by atoms with Crippen LogP contribution in [-0.2, 0) is 4.74 Å². The highest BCUT2D eigenvalue weighted by Crippen LogP contribution is 2.31. The van der Waals surface area contributed by atoms with Crippen LogP contribution in [0.4, 0.5) is 0 Å². The Labute approximate surface area is 103 Å². The van der Waals surface area contributed by atoms with Gasteiger partial charge in [-0.3, -0.25) is 4.90 Å². The summed E-state index contributed by atoms with van der Waals surface area (Å²) < 4.78 is 11.5. The average molecular weight is 238 g/mol. The predicted octanol–water partition coefficient (Wildman–Crippen LogP) is 1.65. The van der Waals surface area contributed by atoms with Crippen molar-refractivity contribution in [1.82, 2.24) is 10.2 Å². The van der Waals surface area contributed by atoms with Crippen LogP contribution in [0.2, 0.25) is 0 Å². The fraction of sp³-hybridized carbons (Fsp3) is 0.692.